The fourth-order valence-electron chi connectivity index (χ4n) is 2.93. The summed E-state index contributed by atoms with van der Waals surface area (Å²) in [4.78, 5) is 21.0. The van der Waals surface area contributed by atoms with Crippen molar-refractivity contribution in [3.8, 4) is 11.3 Å². The van der Waals surface area contributed by atoms with Gasteiger partial charge in [-0.25, -0.2) is 9.97 Å². The number of rotatable bonds is 3. The molecule has 0 aliphatic carbocycles. The second-order valence-electron chi connectivity index (χ2n) is 5.98. The first-order chi connectivity index (χ1) is 12.5. The normalized spacial score (nSPS) is 11.0. The molecule has 26 heavy (non-hydrogen) atoms. The Morgan fingerprint density at radius 2 is 1.96 bits per heavy atom. The molecule has 0 aliphatic rings. The Labute approximate surface area is 148 Å². The minimum Gasteiger partial charge on any atom is -0.451 e. The van der Waals surface area contributed by atoms with Crippen LogP contribution in [-0.4, -0.2) is 20.3 Å². The molecule has 0 saturated heterocycles. The lowest BCUT2D eigenvalue weighted by atomic mass is 10.1. The summed E-state index contributed by atoms with van der Waals surface area (Å²) in [5, 5.41) is 2.77. The van der Waals surface area contributed by atoms with Crippen LogP contribution in [0.5, 0.6) is 0 Å². The number of halogens is 1. The number of aromatic nitrogens is 3. The number of aryl methyl sites for hydroxylation is 2. The van der Waals surface area contributed by atoms with Crippen LogP contribution in [0.15, 0.2) is 53.5 Å². The molecule has 0 atom stereocenters. The Balaban J connectivity index is 1.64. The van der Waals surface area contributed by atoms with Gasteiger partial charge in [0.05, 0.1) is 5.56 Å². The van der Waals surface area contributed by atoms with Gasteiger partial charge in [-0.15, -0.1) is 0 Å². The van der Waals surface area contributed by atoms with Gasteiger partial charge in [-0.2, -0.15) is 4.39 Å². The van der Waals surface area contributed by atoms with Gasteiger partial charge in [-0.3, -0.25) is 9.20 Å². The number of hydrogen-bond donors (Lipinski definition) is 1. The molecule has 1 N–H and O–H groups in total. The lowest BCUT2D eigenvalue weighted by Gasteiger charge is -2.06. The van der Waals surface area contributed by atoms with Crippen LogP contribution < -0.4 is 5.32 Å². The van der Waals surface area contributed by atoms with Gasteiger partial charge in [0.2, 0.25) is 5.95 Å². The van der Waals surface area contributed by atoms with Gasteiger partial charge in [0.25, 0.3) is 5.91 Å². The van der Waals surface area contributed by atoms with Gasteiger partial charge < -0.3 is 9.73 Å². The van der Waals surface area contributed by atoms with Crippen LogP contribution in [0.2, 0.25) is 0 Å². The summed E-state index contributed by atoms with van der Waals surface area (Å²) in [6, 6.07) is 10.1. The molecule has 130 valence electrons. The molecule has 0 saturated carbocycles. The van der Waals surface area contributed by atoms with Gasteiger partial charge in [0, 0.05) is 28.7 Å². The van der Waals surface area contributed by atoms with E-state index in [1.807, 2.05) is 19.1 Å². The van der Waals surface area contributed by atoms with E-state index in [1.54, 1.807) is 31.4 Å². The fraction of sp³-hybridized carbons (Fsp3) is 0.105. The number of carbonyl (C=O) groups excluding carboxylic acids is 1. The third-order valence-corrected chi connectivity index (χ3v) is 4.10. The Morgan fingerprint density at radius 1 is 1.19 bits per heavy atom. The molecule has 7 heteroatoms. The van der Waals surface area contributed by atoms with Crippen LogP contribution in [0, 0.1) is 19.8 Å². The van der Waals surface area contributed by atoms with Crippen molar-refractivity contribution in [2.24, 2.45) is 0 Å². The highest BCUT2D eigenvalue weighted by atomic mass is 19.1. The van der Waals surface area contributed by atoms with E-state index in [-0.39, 0.29) is 5.56 Å². The van der Waals surface area contributed by atoms with Crippen molar-refractivity contribution in [2.75, 3.05) is 5.32 Å². The van der Waals surface area contributed by atoms with E-state index in [2.05, 4.69) is 15.3 Å². The molecule has 0 spiro atoms. The second-order valence-corrected chi connectivity index (χ2v) is 5.98. The molecule has 3 heterocycles. The number of oxazole rings is 1. The number of amides is 1. The molecule has 1 aromatic carbocycles. The highest BCUT2D eigenvalue weighted by Gasteiger charge is 2.18. The predicted octanol–water partition coefficient (Wildman–Crippen LogP) is 4.00. The number of fused-ring (bicyclic) bond motifs is 1. The van der Waals surface area contributed by atoms with E-state index in [1.165, 1.54) is 16.9 Å². The second kappa shape index (κ2) is 6.11. The minimum atomic E-state index is -0.517. The standard InChI is InChI=1S/C19H15FN4O2/c1-11-7-12(2)24-17(20)8-15(18(24)22-11)19(25)23-14-5-3-13(4-6-14)16-9-26-10-21-16/h3-10H,1-2H3,(H,23,25). The van der Waals surface area contributed by atoms with Crippen molar-refractivity contribution in [2.45, 2.75) is 13.8 Å². The lowest BCUT2D eigenvalue weighted by Crippen LogP contribution is -2.12. The fourth-order valence-corrected chi connectivity index (χ4v) is 2.93. The van der Waals surface area contributed by atoms with Crippen molar-refractivity contribution in [1.29, 1.82) is 0 Å². The van der Waals surface area contributed by atoms with Gasteiger partial charge in [0.15, 0.2) is 12.0 Å². The number of benzene rings is 1. The predicted molar refractivity (Wildman–Crippen MR) is 94.5 cm³/mol. The van der Waals surface area contributed by atoms with Gasteiger partial charge >= 0.3 is 0 Å². The van der Waals surface area contributed by atoms with Crippen molar-refractivity contribution in [3.63, 3.8) is 0 Å². The summed E-state index contributed by atoms with van der Waals surface area (Å²) in [7, 11) is 0. The summed E-state index contributed by atoms with van der Waals surface area (Å²) in [5.74, 6) is -0.936. The lowest BCUT2D eigenvalue weighted by molar-refractivity contribution is 0.102. The zero-order valence-electron chi connectivity index (χ0n) is 14.2. The summed E-state index contributed by atoms with van der Waals surface area (Å²) in [5.41, 5.74) is 4.06. The zero-order valence-corrected chi connectivity index (χ0v) is 14.2. The number of anilines is 1. The molecule has 0 bridgehead atoms. The third kappa shape index (κ3) is 2.73. The molecule has 4 aromatic rings. The van der Waals surface area contributed by atoms with Crippen LogP contribution in [0.3, 0.4) is 0 Å². The zero-order chi connectivity index (χ0) is 18.3. The molecule has 0 radical (unpaired) electrons. The van der Waals surface area contributed by atoms with E-state index >= 15 is 0 Å². The highest BCUT2D eigenvalue weighted by Crippen LogP contribution is 2.22. The van der Waals surface area contributed by atoms with E-state index < -0.39 is 11.9 Å². The van der Waals surface area contributed by atoms with Crippen LogP contribution in [0.1, 0.15) is 21.7 Å². The Bertz CT molecular complexity index is 1100. The summed E-state index contributed by atoms with van der Waals surface area (Å²) in [6.07, 6.45) is 2.90. The molecular formula is C19H15FN4O2. The maximum Gasteiger partial charge on any atom is 0.259 e. The van der Waals surface area contributed by atoms with Crippen molar-refractivity contribution < 1.29 is 13.6 Å². The Hall–Kier alpha value is -3.48. The quantitative estimate of drug-likeness (QED) is 0.606. The SMILES string of the molecule is Cc1cc(C)n2c(F)cc(C(=O)Nc3ccc(-c4cocn4)cc3)c2n1. The summed E-state index contributed by atoms with van der Waals surface area (Å²) in [6.45, 7) is 3.58. The van der Waals surface area contributed by atoms with Crippen LogP contribution in [0.25, 0.3) is 16.9 Å². The smallest absolute Gasteiger partial charge is 0.259 e. The maximum absolute atomic E-state index is 14.2. The monoisotopic (exact) mass is 350 g/mol. The van der Waals surface area contributed by atoms with Crippen LogP contribution in [-0.2, 0) is 0 Å². The molecule has 6 nitrogen and oxygen atoms in total. The minimum absolute atomic E-state index is 0.190. The van der Waals surface area contributed by atoms with Crippen LogP contribution >= 0.6 is 0 Å². The number of carbonyl (C=O) groups is 1. The molecule has 0 unspecified atom stereocenters. The van der Waals surface area contributed by atoms with Crippen molar-refractivity contribution in [1.82, 2.24) is 14.4 Å². The summed E-state index contributed by atoms with van der Waals surface area (Å²) < 4.78 is 20.5. The molecule has 0 aliphatic heterocycles. The van der Waals surface area contributed by atoms with Gasteiger partial charge in [0.1, 0.15) is 12.0 Å². The van der Waals surface area contributed by atoms with Crippen molar-refractivity contribution >= 4 is 17.2 Å². The Kier molecular flexibility index (Phi) is 3.76. The van der Waals surface area contributed by atoms with Gasteiger partial charge in [-0.05, 0) is 32.0 Å². The molecule has 0 fully saturated rings. The highest BCUT2D eigenvalue weighted by molar-refractivity contribution is 6.08. The van der Waals surface area contributed by atoms with E-state index in [9.17, 15) is 9.18 Å². The first-order valence-electron chi connectivity index (χ1n) is 7.98. The largest absolute Gasteiger partial charge is 0.451 e. The average molecular weight is 350 g/mol. The van der Waals surface area contributed by atoms with Gasteiger partial charge in [-0.1, -0.05) is 12.1 Å². The van der Waals surface area contributed by atoms with E-state index in [4.69, 9.17) is 4.42 Å². The van der Waals surface area contributed by atoms with E-state index in [0.29, 0.717) is 22.7 Å². The topological polar surface area (TPSA) is 72.4 Å². The number of hydrogen-bond acceptors (Lipinski definition) is 4. The molecule has 1 amide bonds. The van der Waals surface area contributed by atoms with E-state index in [0.717, 1.165) is 11.3 Å². The molecule has 4 rings (SSSR count). The first kappa shape index (κ1) is 16.0. The third-order valence-electron chi connectivity index (χ3n) is 4.10. The molecule has 3 aromatic heterocycles. The first-order valence-corrected chi connectivity index (χ1v) is 7.98. The number of nitrogens with one attached hydrogen (secondary N) is 1. The number of nitrogens with zero attached hydrogens (tertiary/aromatic N) is 3. The van der Waals surface area contributed by atoms with Crippen LogP contribution in [0.4, 0.5) is 10.1 Å². The van der Waals surface area contributed by atoms with Crippen molar-refractivity contribution in [3.05, 3.63) is 72.0 Å². The maximum atomic E-state index is 14.2. The summed E-state index contributed by atoms with van der Waals surface area (Å²) >= 11 is 0. The molecular weight excluding hydrogens is 335 g/mol. The average Bonchev–Trinajstić information content (AvgIpc) is 3.24. The Morgan fingerprint density at radius 3 is 2.65 bits per heavy atom.